The number of benzene rings is 2. The van der Waals surface area contributed by atoms with Gasteiger partial charge in [0.1, 0.15) is 29.6 Å². The van der Waals surface area contributed by atoms with Crippen molar-refractivity contribution in [2.45, 2.75) is 115 Å². The molecule has 27 heteroatoms. The van der Waals surface area contributed by atoms with Crippen LogP contribution in [-0.4, -0.2) is 182 Å². The molecule has 2 aromatic heterocycles. The average molecular weight is 1200 g/mol. The molecule has 85 heavy (non-hydrogen) atoms. The molecule has 4 aliphatic heterocycles. The molecular weight excluding hydrogens is 1110 g/mol. The zero-order valence-electron chi connectivity index (χ0n) is 49.6. The van der Waals surface area contributed by atoms with Crippen LogP contribution in [0.15, 0.2) is 48.5 Å². The van der Waals surface area contributed by atoms with Gasteiger partial charge in [0.05, 0.1) is 26.3 Å². The van der Waals surface area contributed by atoms with E-state index in [1.54, 1.807) is 12.1 Å². The predicted molar refractivity (Wildman–Crippen MR) is 322 cm³/mol. The summed E-state index contributed by atoms with van der Waals surface area (Å²) in [6, 6.07) is 16.4. The second kappa shape index (κ2) is 42.9. The van der Waals surface area contributed by atoms with Crippen LogP contribution in [0, 0.1) is 0 Å². The van der Waals surface area contributed by atoms with Gasteiger partial charge in [0.15, 0.2) is 11.6 Å². The number of carbonyl (C=O) groups excluding carboxylic acids is 6. The van der Waals surface area contributed by atoms with Crippen molar-refractivity contribution in [3.8, 4) is 12.0 Å². The van der Waals surface area contributed by atoms with Gasteiger partial charge in [0.2, 0.25) is 5.97 Å². The van der Waals surface area contributed by atoms with E-state index in [1.165, 1.54) is 25.6 Å². The molecule has 0 bridgehead atoms. The number of ether oxygens (including phenoxy) is 2. The maximum atomic E-state index is 12.4. The van der Waals surface area contributed by atoms with Crippen molar-refractivity contribution >= 4 is 73.1 Å². The van der Waals surface area contributed by atoms with Crippen LogP contribution in [0.4, 0.5) is 23.3 Å². The number of Topliss-reactive ketones (excluding diaryl/α,β-unsaturated/α-hetero) is 2. The van der Waals surface area contributed by atoms with Crippen molar-refractivity contribution in [2.24, 2.45) is 0 Å². The van der Waals surface area contributed by atoms with Crippen LogP contribution in [0.3, 0.4) is 0 Å². The predicted octanol–water partition coefficient (Wildman–Crippen LogP) is 1.85. The standard InChI is InChI=1S/C24H34N6O2.C19H22N4O3.C5H12N2.C4H6O4.C2H3BO2.C2H4O2.2CH4.Na/c1-3-4-12-32-24-26-22(25)21-14-20(31)17-30(23(21)27-24)16-19-7-5-6-18(13-19)15-29-10-8-28(2)9-11-29;1-2-3-7-26-19-21-17(20)16-9-15(25)11-23(18(16)22-19)10-13-5-4-6-14(8-13)12-24;1-7-4-2-6-3-5-7;1-3(5)7-8-4(2)6;1-2(4)5-3;1-2(3)4;;;/h5-7,13H,3-4,8-12,14-17H2,1-2H3,(H2,25,26,27);4-6,8,12H,2-3,7,9-11H2,1H3,(H2,20,21,22);6H,2-5H2,1H3;1-2H3;1H3;1H3,(H,3,4);2*1H4;/q;;;;-1;;;;+1. The number of unbranched alkanes of at least 4 members (excludes halogenated alkanes) is 2. The Bertz CT molecular complexity index is 2680. The Hall–Kier alpha value is -6.81. The number of fused-ring (bicyclic) bond motifs is 2. The number of aliphatic carboxylic acids is 1. The van der Waals surface area contributed by atoms with Gasteiger partial charge in [0, 0.05) is 129 Å². The minimum atomic E-state index is -0.833. The summed E-state index contributed by atoms with van der Waals surface area (Å²) in [5, 5.41) is 10.7. The third-order valence-electron chi connectivity index (χ3n) is 12.1. The van der Waals surface area contributed by atoms with Crippen molar-refractivity contribution in [1.82, 2.24) is 40.0 Å². The third-order valence-corrected chi connectivity index (χ3v) is 12.1. The summed E-state index contributed by atoms with van der Waals surface area (Å²) in [5.41, 5.74) is 17.5. The van der Waals surface area contributed by atoms with Gasteiger partial charge in [-0.25, -0.2) is 19.4 Å². The largest absolute Gasteiger partial charge is 1.00 e. The van der Waals surface area contributed by atoms with E-state index in [4.69, 9.17) is 30.8 Å². The molecule has 0 unspecified atom stereocenters. The molecule has 2 saturated heterocycles. The summed E-state index contributed by atoms with van der Waals surface area (Å²) < 4.78 is 14.9. The molecule has 8 rings (SSSR count). The molecule has 4 aliphatic rings. The number of nitrogens with one attached hydrogen (secondary N) is 1. The fraction of sp³-hybridized carbons (Fsp3) is 0.534. The van der Waals surface area contributed by atoms with Gasteiger partial charge < -0.3 is 63.7 Å². The molecule has 3 radical (unpaired) electrons. The molecule has 0 saturated carbocycles. The van der Waals surface area contributed by atoms with Crippen molar-refractivity contribution in [2.75, 3.05) is 114 Å². The number of anilines is 4. The van der Waals surface area contributed by atoms with Crippen LogP contribution in [-0.2, 0) is 75.7 Å². The number of aldehydes is 1. The Morgan fingerprint density at radius 2 is 1.05 bits per heavy atom. The molecule has 0 spiro atoms. The summed E-state index contributed by atoms with van der Waals surface area (Å²) in [6.07, 6.45) is 5.18. The van der Waals surface area contributed by atoms with E-state index < -0.39 is 23.9 Å². The molecule has 463 valence electrons. The average Bonchev–Trinajstić information content (AvgIpc) is 2.32. The van der Waals surface area contributed by atoms with Gasteiger partial charge in [-0.05, 0) is 49.7 Å². The monoisotopic (exact) mass is 1200 g/mol. The number of piperazine rings is 2. The van der Waals surface area contributed by atoms with Crippen LogP contribution in [0.1, 0.15) is 120 Å². The topological polar surface area (TPSA) is 318 Å². The first kappa shape index (κ1) is 78.2. The Morgan fingerprint density at radius 1 is 0.647 bits per heavy atom. The second-order valence-corrected chi connectivity index (χ2v) is 19.5. The first-order valence-electron chi connectivity index (χ1n) is 27.1. The van der Waals surface area contributed by atoms with Gasteiger partial charge in [-0.2, -0.15) is 19.9 Å². The molecule has 0 aliphatic carbocycles. The zero-order chi connectivity index (χ0) is 60.6. The molecule has 6 N–H and O–H groups in total. The van der Waals surface area contributed by atoms with Gasteiger partial charge in [-0.3, -0.25) is 28.9 Å². The molecule has 0 atom stereocenters. The number of hydrogen-bond donors (Lipinski definition) is 4. The summed E-state index contributed by atoms with van der Waals surface area (Å²) in [7, 11) is 8.65. The summed E-state index contributed by atoms with van der Waals surface area (Å²) >= 11 is 0. The molecule has 0 amide bonds. The number of nitrogens with two attached hydrogens (primary N) is 2. The minimum Gasteiger partial charge on any atom is -0.793 e. The number of rotatable bonds is 15. The first-order valence-corrected chi connectivity index (χ1v) is 27.1. The number of aromatic nitrogens is 4. The van der Waals surface area contributed by atoms with E-state index in [0.29, 0.717) is 67.0 Å². The van der Waals surface area contributed by atoms with Crippen LogP contribution < -0.4 is 65.6 Å². The van der Waals surface area contributed by atoms with Crippen molar-refractivity contribution in [3.63, 3.8) is 0 Å². The van der Waals surface area contributed by atoms with E-state index in [1.807, 2.05) is 21.9 Å². The number of nitrogen functional groups attached to an aromatic ring is 2. The molecule has 25 nitrogen and oxygen atoms in total. The van der Waals surface area contributed by atoms with Crippen LogP contribution in [0.2, 0.25) is 0 Å². The molecule has 6 heterocycles. The van der Waals surface area contributed by atoms with E-state index in [0.717, 1.165) is 110 Å². The van der Waals surface area contributed by atoms with E-state index in [-0.39, 0.29) is 93.2 Å². The van der Waals surface area contributed by atoms with Crippen molar-refractivity contribution in [3.05, 3.63) is 81.9 Å². The number of carboxylic acid groups (broad SMARTS) is 1. The number of carboxylic acids is 1. The maximum absolute atomic E-state index is 12.4. The van der Waals surface area contributed by atoms with E-state index >= 15 is 0 Å². The molecular formula is C58H89BN12NaO13. The van der Waals surface area contributed by atoms with Crippen molar-refractivity contribution in [1.29, 1.82) is 0 Å². The first-order chi connectivity index (χ1) is 39.1. The van der Waals surface area contributed by atoms with Gasteiger partial charge in [-0.15, -0.1) is 0 Å². The maximum Gasteiger partial charge on any atom is 1.00 e. The number of carbonyl (C=O) groups is 7. The second-order valence-electron chi connectivity index (χ2n) is 19.5. The number of nitrogens with zero attached hydrogens (tertiary/aromatic N) is 9. The number of ketones is 2. The normalized spacial score (nSPS) is 14.2. The summed E-state index contributed by atoms with van der Waals surface area (Å²) in [5.74, 6) is -0.442. The fourth-order valence-corrected chi connectivity index (χ4v) is 8.08. The van der Waals surface area contributed by atoms with Crippen molar-refractivity contribution < 1.29 is 92.1 Å². The third kappa shape index (κ3) is 31.2. The summed E-state index contributed by atoms with van der Waals surface area (Å²) in [6.45, 7) is 21.6. The van der Waals surface area contributed by atoms with Gasteiger partial charge in [0.25, 0.3) is 5.97 Å². The molecule has 4 aromatic rings. The SMILES string of the molecule is C.C.CC(=O)O.CC(=O)OOC(C)=O.CCCCOc1nc(N)c2c(n1)N(Cc1cccc(C=O)c1)CC(=O)C2.CCCCOc1nc(N)c2c(n1)N(Cc1cccc(CN3CCN(C)CC3)c1)CC(=O)C2.CN1CCNCC1.[B-]OC(C)=O.[Na+]. The smallest absolute Gasteiger partial charge is 0.793 e. The Labute approximate surface area is 524 Å². The fourth-order valence-electron chi connectivity index (χ4n) is 8.08. The summed E-state index contributed by atoms with van der Waals surface area (Å²) in [4.78, 5) is 110. The quantitative estimate of drug-likeness (QED) is 0.0434. The Kier molecular flexibility index (Phi) is 39.5. The van der Waals surface area contributed by atoms with Gasteiger partial charge in [-0.1, -0.05) is 84.0 Å². The minimum absolute atomic E-state index is 0. The number of likely N-dealkylation sites (N-methyl/N-ethyl adjacent to an activating group) is 2. The molecule has 2 fully saturated rings. The molecule has 2 aromatic carbocycles. The zero-order valence-corrected chi connectivity index (χ0v) is 51.6. The van der Waals surface area contributed by atoms with Gasteiger partial charge >= 0.3 is 53.5 Å². The Morgan fingerprint density at radius 3 is 1.42 bits per heavy atom. The Balaban J connectivity index is 0.00000118. The van der Waals surface area contributed by atoms with E-state index in [2.05, 4.69) is 115 Å². The van der Waals surface area contributed by atoms with Crippen LogP contribution in [0.25, 0.3) is 0 Å². The van der Waals surface area contributed by atoms with E-state index in [9.17, 15) is 28.8 Å². The number of hydrogen-bond acceptors (Lipinski definition) is 24. The van der Waals surface area contributed by atoms with Crippen LogP contribution in [0.5, 0.6) is 12.0 Å². The van der Waals surface area contributed by atoms with Crippen LogP contribution >= 0.6 is 0 Å².